The van der Waals surface area contributed by atoms with Crippen LogP contribution in [0.15, 0.2) is 11.8 Å². The number of carboxylic acids is 3. The zero-order valence-electron chi connectivity index (χ0n) is 14.1. The highest BCUT2D eigenvalue weighted by Crippen LogP contribution is 2.17. The zero-order chi connectivity index (χ0) is 22.2. The van der Waals surface area contributed by atoms with E-state index in [1.54, 1.807) is 0 Å². The molecule has 0 aromatic rings. The molecule has 0 fully saturated rings. The highest BCUT2D eigenvalue weighted by Gasteiger charge is 2.42. The fourth-order valence-corrected chi connectivity index (χ4v) is 1.79. The maximum absolute atomic E-state index is 11.9. The predicted molar refractivity (Wildman–Crippen MR) is 76.6 cm³/mol. The number of halogens is 3. The van der Waals surface area contributed by atoms with Crippen molar-refractivity contribution in [3.8, 4) is 0 Å². The lowest BCUT2D eigenvalue weighted by atomic mass is 9.98. The molecule has 1 heterocycles. The first-order valence-corrected chi connectivity index (χ1v) is 7.16. The number of hydrogen-bond acceptors (Lipinski definition) is 7. The summed E-state index contributed by atoms with van der Waals surface area (Å²) in [5, 5.41) is 30.7. The molecule has 3 atom stereocenters. The molecule has 15 heteroatoms. The van der Waals surface area contributed by atoms with Crippen LogP contribution in [0.1, 0.15) is 6.92 Å². The van der Waals surface area contributed by atoms with Crippen LogP contribution < -0.4 is 21.5 Å². The number of hydrogen-bond donors (Lipinski definition) is 5. The third-order valence-electron chi connectivity index (χ3n) is 2.89. The van der Waals surface area contributed by atoms with Crippen molar-refractivity contribution in [2.75, 3.05) is 6.54 Å². The van der Waals surface area contributed by atoms with E-state index in [1.165, 1.54) is 13.0 Å². The average molecular weight is 415 g/mol. The third kappa shape index (κ3) is 8.35. The molecule has 0 saturated carbocycles. The first-order chi connectivity index (χ1) is 12.7. The number of aliphatic carboxylic acids is 3. The quantitative estimate of drug-likeness (QED) is 0.295. The summed E-state index contributed by atoms with van der Waals surface area (Å²) >= 11 is 0. The first-order valence-electron chi connectivity index (χ1n) is 7.16. The number of alkyl halides is 3. The number of carbonyl (C=O) groups is 5. The minimum absolute atomic E-state index is 0.458. The van der Waals surface area contributed by atoms with E-state index in [9.17, 15) is 32.3 Å². The summed E-state index contributed by atoms with van der Waals surface area (Å²) in [4.78, 5) is 53.2. The Morgan fingerprint density at radius 2 is 1.75 bits per heavy atom. The van der Waals surface area contributed by atoms with Crippen LogP contribution in [0.5, 0.6) is 0 Å². The van der Waals surface area contributed by atoms with Crippen LogP contribution in [0, 0.1) is 0 Å². The van der Waals surface area contributed by atoms with Gasteiger partial charge < -0.3 is 41.2 Å². The van der Waals surface area contributed by atoms with Crippen LogP contribution in [0.25, 0.3) is 0 Å². The smallest absolute Gasteiger partial charge is 0.430 e. The predicted octanol–water partition coefficient (Wildman–Crippen LogP) is -4.03. The van der Waals surface area contributed by atoms with Gasteiger partial charge >= 0.3 is 18.1 Å². The van der Waals surface area contributed by atoms with Crippen LogP contribution >= 0.6 is 0 Å². The van der Waals surface area contributed by atoms with Crippen LogP contribution in [-0.4, -0.2) is 70.8 Å². The Bertz CT molecular complexity index is 678. The first kappa shape index (κ1) is 24.6. The van der Waals surface area contributed by atoms with Gasteiger partial charge in [0.25, 0.3) is 5.91 Å². The number of rotatable bonds is 5. The van der Waals surface area contributed by atoms with Gasteiger partial charge in [-0.05, 0) is 0 Å². The van der Waals surface area contributed by atoms with Gasteiger partial charge in [-0.25, -0.2) is 4.79 Å². The second-order valence-electron chi connectivity index (χ2n) is 5.16. The molecule has 1 aliphatic heterocycles. The van der Waals surface area contributed by atoms with Crippen LogP contribution in [0.3, 0.4) is 0 Å². The third-order valence-corrected chi connectivity index (χ3v) is 2.89. The van der Waals surface area contributed by atoms with Gasteiger partial charge in [-0.15, -0.1) is 0 Å². The number of ether oxygens (including phenoxy) is 1. The van der Waals surface area contributed by atoms with E-state index in [1.807, 2.05) is 0 Å². The largest absolute Gasteiger partial charge is 0.542 e. The summed E-state index contributed by atoms with van der Waals surface area (Å²) in [6, 6.07) is -1.63. The van der Waals surface area contributed by atoms with Gasteiger partial charge in [0, 0.05) is 13.0 Å². The van der Waals surface area contributed by atoms with E-state index < -0.39 is 66.4 Å². The molecule has 1 aliphatic rings. The van der Waals surface area contributed by atoms with Gasteiger partial charge in [-0.2, -0.15) is 13.2 Å². The Morgan fingerprint density at radius 3 is 2.11 bits per heavy atom. The van der Waals surface area contributed by atoms with Crippen molar-refractivity contribution in [2.45, 2.75) is 31.3 Å². The fraction of sp³-hybridized carbons (Fsp3) is 0.462. The highest BCUT2D eigenvalue weighted by molar-refractivity contribution is 5.89. The number of nitrogens with one attached hydrogen (secondary N) is 2. The molecule has 0 bridgehead atoms. The van der Waals surface area contributed by atoms with E-state index in [0.29, 0.717) is 0 Å². The van der Waals surface area contributed by atoms with Gasteiger partial charge in [0.05, 0.1) is 0 Å². The number of amides is 2. The van der Waals surface area contributed by atoms with Crippen LogP contribution in [-0.2, 0) is 28.7 Å². The molecular formula is C13H16F3N3O9. The van der Waals surface area contributed by atoms with Crippen molar-refractivity contribution in [3.05, 3.63) is 11.8 Å². The van der Waals surface area contributed by atoms with Gasteiger partial charge in [-0.3, -0.25) is 14.4 Å². The second-order valence-corrected chi connectivity index (χ2v) is 5.16. The van der Waals surface area contributed by atoms with Crippen molar-refractivity contribution >= 4 is 29.7 Å². The summed E-state index contributed by atoms with van der Waals surface area (Å²) in [7, 11) is 0. The number of carboxylic acid groups (broad SMARTS) is 3. The van der Waals surface area contributed by atoms with Gasteiger partial charge in [0.1, 0.15) is 24.6 Å². The molecule has 0 aromatic heterocycles. The molecule has 158 valence electrons. The van der Waals surface area contributed by atoms with E-state index in [4.69, 9.17) is 24.9 Å². The molecule has 28 heavy (non-hydrogen) atoms. The summed E-state index contributed by atoms with van der Waals surface area (Å²) in [5.41, 5.74) is 3.66. The van der Waals surface area contributed by atoms with Crippen LogP contribution in [0.2, 0.25) is 0 Å². The van der Waals surface area contributed by atoms with Gasteiger partial charge in [0.2, 0.25) is 17.8 Å². The maximum Gasteiger partial charge on any atom is 0.430 e. The molecule has 12 nitrogen and oxygen atoms in total. The Hall–Kier alpha value is -3.36. The maximum atomic E-state index is 11.9. The Balaban J connectivity index is 0.000000887. The summed E-state index contributed by atoms with van der Waals surface area (Å²) < 4.78 is 36.6. The number of carbonyl (C=O) groups excluding carboxylic acids is 3. The molecule has 0 saturated heterocycles. The lowest BCUT2D eigenvalue weighted by molar-refractivity contribution is -0.414. The molecule has 0 aliphatic carbocycles. The Kier molecular flexibility index (Phi) is 8.89. The van der Waals surface area contributed by atoms with Crippen LogP contribution in [0.4, 0.5) is 13.2 Å². The van der Waals surface area contributed by atoms with Crippen molar-refractivity contribution < 1.29 is 62.9 Å². The van der Waals surface area contributed by atoms with Gasteiger partial charge in [-0.1, -0.05) is 0 Å². The van der Waals surface area contributed by atoms with Crippen molar-refractivity contribution in [1.82, 2.24) is 10.6 Å². The standard InChI is InChI=1S/C11H15N3O7.C2HF3O2/c1-4(15)14-8-5(12)2-6(11(19)20)21-9(8)10(18)13-3-7(16)17;3-2(4,5)1(6)7/h2,5,8-9H,3,12H2,1H3,(H,13,18)(H,14,15)(H,16,17)(H,19,20);(H,6,7)/t5-,8+,9+;/m0./s1. The minimum Gasteiger partial charge on any atom is -0.542 e. The molecule has 0 radical (unpaired) electrons. The molecule has 7 N–H and O–H groups in total. The Morgan fingerprint density at radius 1 is 1.25 bits per heavy atom. The van der Waals surface area contributed by atoms with E-state index in [-0.39, 0.29) is 0 Å². The normalized spacial score (nSPS) is 21.0. The van der Waals surface area contributed by atoms with Crippen molar-refractivity contribution in [3.63, 3.8) is 0 Å². The second kappa shape index (κ2) is 10.1. The minimum atomic E-state index is -5.19. The van der Waals surface area contributed by atoms with E-state index in [2.05, 4.69) is 16.4 Å². The lowest BCUT2D eigenvalue weighted by Crippen LogP contribution is -2.74. The topological polar surface area (TPSA) is 210 Å². The molecule has 0 spiro atoms. The van der Waals surface area contributed by atoms with Crippen molar-refractivity contribution in [2.24, 2.45) is 0 Å². The Labute approximate surface area is 154 Å². The molecule has 1 rings (SSSR count). The monoisotopic (exact) mass is 415 g/mol. The van der Waals surface area contributed by atoms with E-state index in [0.717, 1.165) is 0 Å². The average Bonchev–Trinajstić information content (AvgIpc) is 2.53. The molecular weight excluding hydrogens is 399 g/mol. The summed E-state index contributed by atoms with van der Waals surface area (Å²) in [5.74, 6) is -7.45. The highest BCUT2D eigenvalue weighted by atomic mass is 19.4. The SMILES string of the molecule is CC(=O)N[C@@H]1[C@@H]([NH3+])C=C(C(=O)O)O[C@H]1C(=O)NCC(=O)O.O=C([O-])C(F)(F)F. The number of quaternary nitrogens is 1. The molecule has 0 unspecified atom stereocenters. The zero-order valence-corrected chi connectivity index (χ0v) is 14.1. The van der Waals surface area contributed by atoms with Crippen molar-refractivity contribution in [1.29, 1.82) is 0 Å². The summed E-state index contributed by atoms with van der Waals surface area (Å²) in [6.07, 6.45) is -5.41. The van der Waals surface area contributed by atoms with Gasteiger partial charge in [0.15, 0.2) is 0 Å². The molecule has 2 amide bonds. The lowest BCUT2D eigenvalue weighted by Gasteiger charge is -2.32. The van der Waals surface area contributed by atoms with E-state index >= 15 is 0 Å². The summed E-state index contributed by atoms with van der Waals surface area (Å²) in [6.45, 7) is 0.564. The fourth-order valence-electron chi connectivity index (χ4n) is 1.79. The molecule has 0 aromatic carbocycles.